The van der Waals surface area contributed by atoms with E-state index < -0.39 is 15.9 Å². The van der Waals surface area contributed by atoms with Crippen LogP contribution in [0, 0.1) is 0 Å². The predicted molar refractivity (Wildman–Crippen MR) is 82.8 cm³/mol. The summed E-state index contributed by atoms with van der Waals surface area (Å²) in [6.07, 6.45) is 0.636. The van der Waals surface area contributed by atoms with Crippen LogP contribution in [0.2, 0.25) is 0 Å². The molecule has 1 aromatic rings. The van der Waals surface area contributed by atoms with Gasteiger partial charge in [0.25, 0.3) is 0 Å². The van der Waals surface area contributed by atoms with Gasteiger partial charge < -0.3 is 10.6 Å². The van der Waals surface area contributed by atoms with Crippen molar-refractivity contribution in [3.63, 3.8) is 0 Å². The van der Waals surface area contributed by atoms with Gasteiger partial charge in [0.1, 0.15) is 0 Å². The van der Waals surface area contributed by atoms with Crippen molar-refractivity contribution in [3.05, 3.63) is 29.8 Å². The van der Waals surface area contributed by atoms with Crippen molar-refractivity contribution in [2.24, 2.45) is 5.73 Å². The van der Waals surface area contributed by atoms with Gasteiger partial charge in [-0.1, -0.05) is 6.92 Å². The first-order valence-electron chi connectivity index (χ1n) is 7.06. The number of benzene rings is 1. The Bertz CT molecular complexity index is 590. The number of nitrogens with zero attached hydrogens (tertiary/aromatic N) is 2. The molecule has 116 valence electrons. The number of nitrogens with two attached hydrogens (primary N) is 1. The van der Waals surface area contributed by atoms with Gasteiger partial charge in [0, 0.05) is 37.4 Å². The van der Waals surface area contributed by atoms with E-state index in [-0.39, 0.29) is 5.75 Å². The molecule has 1 fully saturated rings. The van der Waals surface area contributed by atoms with Crippen LogP contribution in [-0.2, 0) is 10.0 Å². The lowest BCUT2D eigenvalue weighted by Gasteiger charge is -2.35. The minimum absolute atomic E-state index is 0.209. The topological polar surface area (TPSA) is 83.7 Å². The number of carbonyl (C=O) groups excluding carboxylic acids is 1. The largest absolute Gasteiger partial charge is 0.369 e. The van der Waals surface area contributed by atoms with Gasteiger partial charge in [-0.25, -0.2) is 8.42 Å². The molecular weight excluding hydrogens is 290 g/mol. The van der Waals surface area contributed by atoms with Gasteiger partial charge in [-0.05, 0) is 30.7 Å². The standard InChI is InChI=1S/C14H21N3O3S/c1-2-11-21(19,20)17-9-7-16(8-10-17)13-5-3-12(4-6-13)14(15)18/h3-6H,2,7-11H2,1H3,(H2,15,18). The molecule has 0 unspecified atom stereocenters. The van der Waals surface area contributed by atoms with Crippen LogP contribution < -0.4 is 10.6 Å². The van der Waals surface area contributed by atoms with E-state index in [0.29, 0.717) is 38.2 Å². The minimum atomic E-state index is -3.11. The third-order valence-corrected chi connectivity index (χ3v) is 5.69. The molecule has 0 radical (unpaired) electrons. The van der Waals surface area contributed by atoms with E-state index in [2.05, 4.69) is 4.90 Å². The summed E-state index contributed by atoms with van der Waals surface area (Å²) >= 11 is 0. The maximum atomic E-state index is 12.0. The number of hydrogen-bond donors (Lipinski definition) is 1. The van der Waals surface area contributed by atoms with Gasteiger partial charge in [0.2, 0.25) is 15.9 Å². The molecule has 7 heteroatoms. The van der Waals surface area contributed by atoms with Crippen LogP contribution in [0.5, 0.6) is 0 Å². The number of piperazine rings is 1. The highest BCUT2D eigenvalue weighted by molar-refractivity contribution is 7.89. The van der Waals surface area contributed by atoms with Crippen LogP contribution in [-0.4, -0.2) is 50.6 Å². The molecule has 1 aromatic carbocycles. The summed E-state index contributed by atoms with van der Waals surface area (Å²) in [4.78, 5) is 13.2. The molecule has 1 aliphatic heterocycles. The second-order valence-corrected chi connectivity index (χ2v) is 7.20. The third kappa shape index (κ3) is 3.74. The summed E-state index contributed by atoms with van der Waals surface area (Å²) in [5, 5.41) is 0. The quantitative estimate of drug-likeness (QED) is 0.865. The van der Waals surface area contributed by atoms with E-state index in [1.54, 1.807) is 16.4 Å². The summed E-state index contributed by atoms with van der Waals surface area (Å²) in [6, 6.07) is 7.07. The SMILES string of the molecule is CCCS(=O)(=O)N1CCN(c2ccc(C(N)=O)cc2)CC1. The number of amides is 1. The summed E-state index contributed by atoms with van der Waals surface area (Å²) in [5.74, 6) is -0.239. The second-order valence-electron chi connectivity index (χ2n) is 5.11. The highest BCUT2D eigenvalue weighted by Crippen LogP contribution is 2.18. The fraction of sp³-hybridized carbons (Fsp3) is 0.500. The molecule has 0 atom stereocenters. The zero-order valence-corrected chi connectivity index (χ0v) is 13.0. The highest BCUT2D eigenvalue weighted by atomic mass is 32.2. The van der Waals surface area contributed by atoms with Gasteiger partial charge in [-0.2, -0.15) is 4.31 Å². The number of sulfonamides is 1. The Morgan fingerprint density at radius 2 is 1.71 bits per heavy atom. The van der Waals surface area contributed by atoms with Crippen LogP contribution in [0.25, 0.3) is 0 Å². The molecular formula is C14H21N3O3S. The van der Waals surface area contributed by atoms with Gasteiger partial charge >= 0.3 is 0 Å². The molecule has 1 saturated heterocycles. The third-order valence-electron chi connectivity index (χ3n) is 3.61. The zero-order chi connectivity index (χ0) is 15.5. The molecule has 21 heavy (non-hydrogen) atoms. The van der Waals surface area contributed by atoms with Crippen molar-refractivity contribution in [2.75, 3.05) is 36.8 Å². The number of primary amides is 1. The molecule has 2 rings (SSSR count). The molecule has 1 amide bonds. The van der Waals surface area contributed by atoms with E-state index in [9.17, 15) is 13.2 Å². The lowest BCUT2D eigenvalue weighted by Crippen LogP contribution is -2.49. The Hall–Kier alpha value is -1.60. The molecule has 0 aliphatic carbocycles. The van der Waals surface area contributed by atoms with Crippen LogP contribution >= 0.6 is 0 Å². The average Bonchev–Trinajstić information content (AvgIpc) is 2.47. The first kappa shape index (κ1) is 15.8. The van der Waals surface area contributed by atoms with Crippen molar-refractivity contribution < 1.29 is 13.2 Å². The van der Waals surface area contributed by atoms with Crippen molar-refractivity contribution in [3.8, 4) is 0 Å². The van der Waals surface area contributed by atoms with Crippen molar-refractivity contribution >= 4 is 21.6 Å². The molecule has 6 nitrogen and oxygen atoms in total. The Labute approximate surface area is 125 Å². The number of anilines is 1. The van der Waals surface area contributed by atoms with Crippen molar-refractivity contribution in [1.29, 1.82) is 0 Å². The average molecular weight is 311 g/mol. The Kier molecular flexibility index (Phi) is 4.84. The van der Waals surface area contributed by atoms with E-state index in [0.717, 1.165) is 5.69 Å². The van der Waals surface area contributed by atoms with Crippen LogP contribution in [0.4, 0.5) is 5.69 Å². The van der Waals surface area contributed by atoms with E-state index >= 15 is 0 Å². The molecule has 0 spiro atoms. The van der Waals surface area contributed by atoms with Gasteiger partial charge in [-0.3, -0.25) is 4.79 Å². The lowest BCUT2D eigenvalue weighted by atomic mass is 10.2. The van der Waals surface area contributed by atoms with Gasteiger partial charge in [-0.15, -0.1) is 0 Å². The van der Waals surface area contributed by atoms with Crippen LogP contribution in [0.15, 0.2) is 24.3 Å². The number of hydrogen-bond acceptors (Lipinski definition) is 4. The van der Waals surface area contributed by atoms with Crippen LogP contribution in [0.1, 0.15) is 23.7 Å². The lowest BCUT2D eigenvalue weighted by molar-refractivity contribution is 0.100. The second kappa shape index (κ2) is 6.44. The fourth-order valence-corrected chi connectivity index (χ4v) is 3.94. The first-order chi connectivity index (χ1) is 9.94. The highest BCUT2D eigenvalue weighted by Gasteiger charge is 2.26. The summed E-state index contributed by atoms with van der Waals surface area (Å²) in [5.41, 5.74) is 6.67. The maximum Gasteiger partial charge on any atom is 0.248 e. The molecule has 0 saturated carbocycles. The Morgan fingerprint density at radius 1 is 1.14 bits per heavy atom. The van der Waals surface area contributed by atoms with Gasteiger partial charge in [0.15, 0.2) is 0 Å². The monoisotopic (exact) mass is 311 g/mol. The van der Waals surface area contributed by atoms with Crippen LogP contribution in [0.3, 0.4) is 0 Å². The zero-order valence-electron chi connectivity index (χ0n) is 12.2. The maximum absolute atomic E-state index is 12.0. The van der Waals surface area contributed by atoms with Gasteiger partial charge in [0.05, 0.1) is 5.75 Å². The predicted octanol–water partition coefficient (Wildman–Crippen LogP) is 0.647. The first-order valence-corrected chi connectivity index (χ1v) is 8.67. The molecule has 1 aliphatic rings. The summed E-state index contributed by atoms with van der Waals surface area (Å²) < 4.78 is 25.6. The molecule has 0 bridgehead atoms. The molecule has 0 aromatic heterocycles. The Balaban J connectivity index is 1.99. The Morgan fingerprint density at radius 3 is 2.19 bits per heavy atom. The normalized spacial score (nSPS) is 16.9. The van der Waals surface area contributed by atoms with E-state index in [1.807, 2.05) is 19.1 Å². The van der Waals surface area contributed by atoms with E-state index in [4.69, 9.17) is 5.73 Å². The summed E-state index contributed by atoms with van der Waals surface area (Å²) in [6.45, 7) is 4.17. The van der Waals surface area contributed by atoms with Crippen molar-refractivity contribution in [1.82, 2.24) is 4.31 Å². The van der Waals surface area contributed by atoms with E-state index in [1.165, 1.54) is 0 Å². The number of carbonyl (C=O) groups is 1. The van der Waals surface area contributed by atoms with Crippen molar-refractivity contribution in [2.45, 2.75) is 13.3 Å². The number of rotatable bonds is 5. The smallest absolute Gasteiger partial charge is 0.248 e. The minimum Gasteiger partial charge on any atom is -0.369 e. The molecule has 1 heterocycles. The fourth-order valence-electron chi connectivity index (χ4n) is 2.45. The molecule has 2 N–H and O–H groups in total. The summed E-state index contributed by atoms with van der Waals surface area (Å²) in [7, 11) is -3.11.